The standard InChI is InChI=1S/C6H8ClF3O/c7-4-2(8)1-3(9)5(10)6(4)11/h2-6,11H,1H2. The van der Waals surface area contributed by atoms with Crippen LogP contribution < -0.4 is 0 Å². The Morgan fingerprint density at radius 3 is 2.27 bits per heavy atom. The molecule has 0 aromatic carbocycles. The SMILES string of the molecule is OC1C(F)C(F)CC(F)C1Cl. The van der Waals surface area contributed by atoms with E-state index in [2.05, 4.69) is 0 Å². The lowest BCUT2D eigenvalue weighted by molar-refractivity contribution is -0.0307. The third kappa shape index (κ3) is 1.62. The molecule has 0 radical (unpaired) electrons. The molecule has 5 unspecified atom stereocenters. The zero-order valence-electron chi connectivity index (χ0n) is 5.55. The fourth-order valence-electron chi connectivity index (χ4n) is 1.08. The summed E-state index contributed by atoms with van der Waals surface area (Å²) in [4.78, 5) is 0. The van der Waals surface area contributed by atoms with Crippen LogP contribution in [0, 0.1) is 0 Å². The molecule has 0 saturated heterocycles. The highest BCUT2D eigenvalue weighted by Gasteiger charge is 2.44. The van der Waals surface area contributed by atoms with Gasteiger partial charge in [0.2, 0.25) is 0 Å². The molecule has 1 aliphatic rings. The van der Waals surface area contributed by atoms with Gasteiger partial charge in [0.05, 0.1) is 5.38 Å². The van der Waals surface area contributed by atoms with Crippen LogP contribution in [-0.2, 0) is 0 Å². The largest absolute Gasteiger partial charge is 0.388 e. The second-order valence-corrected chi connectivity index (χ2v) is 3.15. The van der Waals surface area contributed by atoms with Crippen LogP contribution in [0.1, 0.15) is 6.42 Å². The summed E-state index contributed by atoms with van der Waals surface area (Å²) >= 11 is 5.25. The van der Waals surface area contributed by atoms with Gasteiger partial charge in [-0.15, -0.1) is 11.6 Å². The van der Waals surface area contributed by atoms with E-state index in [9.17, 15) is 13.2 Å². The average Bonchev–Trinajstić information content (AvgIpc) is 1.97. The molecule has 0 aromatic rings. The van der Waals surface area contributed by atoms with Gasteiger partial charge < -0.3 is 5.11 Å². The van der Waals surface area contributed by atoms with Gasteiger partial charge >= 0.3 is 0 Å². The molecular formula is C6H8ClF3O. The van der Waals surface area contributed by atoms with E-state index in [1.54, 1.807) is 0 Å². The Balaban J connectivity index is 2.63. The second kappa shape index (κ2) is 3.19. The Morgan fingerprint density at radius 1 is 1.18 bits per heavy atom. The first-order valence-corrected chi connectivity index (χ1v) is 3.72. The molecule has 0 heterocycles. The maximum Gasteiger partial charge on any atom is 0.158 e. The minimum Gasteiger partial charge on any atom is -0.388 e. The molecule has 0 aromatic heterocycles. The van der Waals surface area contributed by atoms with Gasteiger partial charge in [-0.3, -0.25) is 0 Å². The van der Waals surface area contributed by atoms with E-state index in [-0.39, 0.29) is 0 Å². The Kier molecular flexibility index (Phi) is 2.65. The topological polar surface area (TPSA) is 20.2 Å². The first-order valence-electron chi connectivity index (χ1n) is 3.28. The zero-order chi connectivity index (χ0) is 8.59. The molecule has 1 nitrogen and oxygen atoms in total. The monoisotopic (exact) mass is 188 g/mol. The van der Waals surface area contributed by atoms with Gasteiger partial charge in [0.15, 0.2) is 6.17 Å². The maximum atomic E-state index is 12.6. The Hall–Kier alpha value is 0.0400. The van der Waals surface area contributed by atoms with Crippen molar-refractivity contribution >= 4 is 11.6 Å². The van der Waals surface area contributed by atoms with E-state index in [1.165, 1.54) is 0 Å². The maximum absolute atomic E-state index is 12.6. The molecule has 66 valence electrons. The fourth-order valence-corrected chi connectivity index (χ4v) is 1.32. The minimum absolute atomic E-state index is 0.563. The highest BCUT2D eigenvalue weighted by Crippen LogP contribution is 2.30. The van der Waals surface area contributed by atoms with Crippen molar-refractivity contribution in [2.24, 2.45) is 0 Å². The predicted molar refractivity (Wildman–Crippen MR) is 35.0 cm³/mol. The lowest BCUT2D eigenvalue weighted by atomic mass is 9.92. The number of aliphatic hydroxyl groups is 1. The van der Waals surface area contributed by atoms with Crippen molar-refractivity contribution in [1.29, 1.82) is 0 Å². The van der Waals surface area contributed by atoms with Crippen LogP contribution in [-0.4, -0.2) is 35.1 Å². The van der Waals surface area contributed by atoms with Crippen molar-refractivity contribution < 1.29 is 18.3 Å². The summed E-state index contributed by atoms with van der Waals surface area (Å²) in [6.45, 7) is 0. The van der Waals surface area contributed by atoms with Crippen LogP contribution in [0.3, 0.4) is 0 Å². The molecule has 1 saturated carbocycles. The average molecular weight is 189 g/mol. The number of rotatable bonds is 0. The molecule has 5 atom stereocenters. The van der Waals surface area contributed by atoms with Crippen LogP contribution in [0.25, 0.3) is 0 Å². The third-order valence-electron chi connectivity index (χ3n) is 1.79. The molecule has 0 spiro atoms. The van der Waals surface area contributed by atoms with Crippen LogP contribution in [0.15, 0.2) is 0 Å². The van der Waals surface area contributed by atoms with Crippen LogP contribution in [0.2, 0.25) is 0 Å². The number of aliphatic hydroxyl groups excluding tert-OH is 1. The van der Waals surface area contributed by atoms with Gasteiger partial charge in [0.1, 0.15) is 18.4 Å². The number of hydrogen-bond donors (Lipinski definition) is 1. The van der Waals surface area contributed by atoms with Crippen LogP contribution >= 0.6 is 11.6 Å². The van der Waals surface area contributed by atoms with Gasteiger partial charge in [0.25, 0.3) is 0 Å². The van der Waals surface area contributed by atoms with E-state index in [0.717, 1.165) is 0 Å². The molecule has 0 amide bonds. The van der Waals surface area contributed by atoms with Gasteiger partial charge in [0, 0.05) is 6.42 Å². The lowest BCUT2D eigenvalue weighted by Crippen LogP contribution is -2.48. The summed E-state index contributed by atoms with van der Waals surface area (Å²) in [5.74, 6) is 0. The Bertz CT molecular complexity index is 132. The van der Waals surface area contributed by atoms with Crippen molar-refractivity contribution in [3.05, 3.63) is 0 Å². The predicted octanol–water partition coefficient (Wildman–Crippen LogP) is 1.37. The van der Waals surface area contributed by atoms with Gasteiger partial charge in [-0.2, -0.15) is 0 Å². The number of halogens is 4. The smallest absolute Gasteiger partial charge is 0.158 e. The first kappa shape index (κ1) is 9.13. The lowest BCUT2D eigenvalue weighted by Gasteiger charge is -2.31. The van der Waals surface area contributed by atoms with Crippen molar-refractivity contribution in [3.63, 3.8) is 0 Å². The van der Waals surface area contributed by atoms with Crippen molar-refractivity contribution in [2.75, 3.05) is 0 Å². The first-order chi connectivity index (χ1) is 5.04. The quantitative estimate of drug-likeness (QED) is 0.570. The Morgan fingerprint density at radius 2 is 1.73 bits per heavy atom. The van der Waals surface area contributed by atoms with Gasteiger partial charge in [-0.05, 0) is 0 Å². The van der Waals surface area contributed by atoms with Crippen LogP contribution in [0.4, 0.5) is 13.2 Å². The van der Waals surface area contributed by atoms with E-state index >= 15 is 0 Å². The van der Waals surface area contributed by atoms with Crippen molar-refractivity contribution in [2.45, 2.75) is 36.4 Å². The highest BCUT2D eigenvalue weighted by atomic mass is 35.5. The molecule has 1 rings (SSSR count). The second-order valence-electron chi connectivity index (χ2n) is 2.65. The van der Waals surface area contributed by atoms with Crippen molar-refractivity contribution in [3.8, 4) is 0 Å². The molecule has 5 heteroatoms. The van der Waals surface area contributed by atoms with Crippen LogP contribution in [0.5, 0.6) is 0 Å². The normalized spacial score (nSPS) is 52.6. The summed E-state index contributed by atoms with van der Waals surface area (Å²) in [5, 5.41) is 7.48. The third-order valence-corrected chi connectivity index (χ3v) is 2.33. The molecule has 0 bridgehead atoms. The fraction of sp³-hybridized carbons (Fsp3) is 1.00. The zero-order valence-corrected chi connectivity index (χ0v) is 6.31. The molecular weight excluding hydrogens is 181 g/mol. The summed E-state index contributed by atoms with van der Waals surface area (Å²) < 4.78 is 37.5. The summed E-state index contributed by atoms with van der Waals surface area (Å²) in [6, 6.07) is 0. The molecule has 1 N–H and O–H groups in total. The van der Waals surface area contributed by atoms with Gasteiger partial charge in [-0.1, -0.05) is 0 Å². The van der Waals surface area contributed by atoms with Crippen molar-refractivity contribution in [1.82, 2.24) is 0 Å². The summed E-state index contributed by atoms with van der Waals surface area (Å²) in [6.07, 6.45) is -7.93. The Labute approximate surface area is 67.2 Å². The van der Waals surface area contributed by atoms with E-state index < -0.39 is 36.4 Å². The number of alkyl halides is 4. The van der Waals surface area contributed by atoms with E-state index in [0.29, 0.717) is 0 Å². The molecule has 0 aliphatic heterocycles. The molecule has 11 heavy (non-hydrogen) atoms. The van der Waals surface area contributed by atoms with Gasteiger partial charge in [-0.25, -0.2) is 13.2 Å². The minimum atomic E-state index is -2.05. The summed E-state index contributed by atoms with van der Waals surface area (Å²) in [5.41, 5.74) is 0. The highest BCUT2D eigenvalue weighted by molar-refractivity contribution is 6.21. The van der Waals surface area contributed by atoms with E-state index in [1.807, 2.05) is 0 Å². The molecule has 1 fully saturated rings. The summed E-state index contributed by atoms with van der Waals surface area (Å²) in [7, 11) is 0. The van der Waals surface area contributed by atoms with E-state index in [4.69, 9.17) is 16.7 Å². The number of hydrogen-bond acceptors (Lipinski definition) is 1. The molecule has 1 aliphatic carbocycles.